The molecule has 0 saturated carbocycles. The molecule has 1 aliphatic carbocycles. The molecule has 0 aromatic heterocycles. The van der Waals surface area contributed by atoms with Gasteiger partial charge in [0.25, 0.3) is 0 Å². The van der Waals surface area contributed by atoms with E-state index in [2.05, 4.69) is 30.3 Å². The minimum absolute atomic E-state index is 0.557. The van der Waals surface area contributed by atoms with Crippen molar-refractivity contribution in [2.45, 2.75) is 12.8 Å². The molecule has 1 aliphatic rings. The number of hydrogen-bond donors (Lipinski definition) is 1. The largest absolute Gasteiger partial charge is 0.329 e. The second kappa shape index (κ2) is 5.78. The van der Waals surface area contributed by atoms with Crippen molar-refractivity contribution in [3.8, 4) is 0 Å². The highest BCUT2D eigenvalue weighted by molar-refractivity contribution is 6.32. The zero-order valence-electron chi connectivity index (χ0n) is 11.3. The summed E-state index contributed by atoms with van der Waals surface area (Å²) in [5.74, 6) is 0. The van der Waals surface area contributed by atoms with Crippen molar-refractivity contribution in [1.29, 1.82) is 0 Å². The van der Waals surface area contributed by atoms with E-state index in [0.29, 0.717) is 13.1 Å². The van der Waals surface area contributed by atoms with Gasteiger partial charge in [-0.3, -0.25) is 4.99 Å². The predicted molar refractivity (Wildman–Crippen MR) is 84.9 cm³/mol. The van der Waals surface area contributed by atoms with Crippen LogP contribution in [-0.4, -0.2) is 18.8 Å². The average molecular weight is 285 g/mol. The number of fused-ring (bicyclic) bond motifs is 2. The molecule has 0 unspecified atom stereocenters. The summed E-state index contributed by atoms with van der Waals surface area (Å²) in [5, 5.41) is 0.829. The molecule has 0 radical (unpaired) electrons. The van der Waals surface area contributed by atoms with Gasteiger partial charge < -0.3 is 5.73 Å². The van der Waals surface area contributed by atoms with Gasteiger partial charge in [0, 0.05) is 22.7 Å². The Labute approximate surface area is 124 Å². The Bertz CT molecular complexity index is 662. The van der Waals surface area contributed by atoms with Gasteiger partial charge in [0.1, 0.15) is 0 Å². The Hall–Kier alpha value is -1.64. The van der Waals surface area contributed by atoms with Crippen molar-refractivity contribution in [2.24, 2.45) is 10.7 Å². The normalized spacial score (nSPS) is 15.6. The second-order valence-electron chi connectivity index (χ2n) is 4.94. The van der Waals surface area contributed by atoms with Crippen molar-refractivity contribution in [3.63, 3.8) is 0 Å². The molecular formula is C17H17ClN2. The maximum absolute atomic E-state index is 6.38. The number of nitrogens with zero attached hydrogens (tertiary/aromatic N) is 1. The van der Waals surface area contributed by atoms with Crippen LogP contribution in [-0.2, 0) is 12.8 Å². The average Bonchev–Trinajstić information content (AvgIpc) is 2.63. The van der Waals surface area contributed by atoms with Gasteiger partial charge in [-0.15, -0.1) is 0 Å². The second-order valence-corrected chi connectivity index (χ2v) is 5.35. The molecule has 2 nitrogen and oxygen atoms in total. The minimum Gasteiger partial charge on any atom is -0.329 e. The van der Waals surface area contributed by atoms with Crippen LogP contribution in [0.3, 0.4) is 0 Å². The third-order valence-electron chi connectivity index (χ3n) is 3.69. The number of halogens is 1. The Kier molecular flexibility index (Phi) is 3.86. The molecule has 0 fully saturated rings. The quantitative estimate of drug-likeness (QED) is 0.903. The Balaban J connectivity index is 2.23. The highest BCUT2D eigenvalue weighted by Crippen LogP contribution is 2.29. The van der Waals surface area contributed by atoms with Crippen LogP contribution in [0.2, 0.25) is 5.02 Å². The molecule has 20 heavy (non-hydrogen) atoms. The number of benzene rings is 2. The van der Waals surface area contributed by atoms with Crippen molar-refractivity contribution in [2.75, 3.05) is 13.1 Å². The van der Waals surface area contributed by atoms with Crippen LogP contribution in [0, 0.1) is 0 Å². The molecular weight excluding hydrogens is 268 g/mol. The van der Waals surface area contributed by atoms with Gasteiger partial charge in [0.2, 0.25) is 0 Å². The maximum atomic E-state index is 6.38. The van der Waals surface area contributed by atoms with Crippen LogP contribution < -0.4 is 5.73 Å². The molecule has 102 valence electrons. The number of nitrogens with two attached hydrogens (primary N) is 1. The molecule has 3 rings (SSSR count). The van der Waals surface area contributed by atoms with Gasteiger partial charge in [0.05, 0.1) is 12.3 Å². The van der Waals surface area contributed by atoms with Gasteiger partial charge in [-0.1, -0.05) is 48.0 Å². The van der Waals surface area contributed by atoms with E-state index in [9.17, 15) is 0 Å². The van der Waals surface area contributed by atoms with Crippen LogP contribution in [0.4, 0.5) is 0 Å². The molecule has 0 atom stereocenters. The first kappa shape index (κ1) is 13.3. The summed E-state index contributed by atoms with van der Waals surface area (Å²) in [6.07, 6.45) is 1.95. The van der Waals surface area contributed by atoms with Crippen molar-refractivity contribution < 1.29 is 0 Å². The third-order valence-corrected chi connectivity index (χ3v) is 4.04. The van der Waals surface area contributed by atoms with E-state index in [1.165, 1.54) is 16.7 Å². The highest BCUT2D eigenvalue weighted by atomic mass is 35.5. The predicted octanol–water partition coefficient (Wildman–Crippen LogP) is 3.23. The summed E-state index contributed by atoms with van der Waals surface area (Å²) in [7, 11) is 0. The Morgan fingerprint density at radius 1 is 1.00 bits per heavy atom. The molecule has 0 aliphatic heterocycles. The first-order chi connectivity index (χ1) is 9.81. The standard InChI is InChI=1S/C17H17ClN2/c18-16-7-3-6-15-14(16)9-8-12-4-1-2-5-13(12)17(15)20-11-10-19/h1-7H,8-11,19H2. The van der Waals surface area contributed by atoms with E-state index in [4.69, 9.17) is 22.3 Å². The maximum Gasteiger partial charge on any atom is 0.0725 e. The number of hydrogen-bond acceptors (Lipinski definition) is 2. The van der Waals surface area contributed by atoms with Crippen molar-refractivity contribution >= 4 is 17.3 Å². The van der Waals surface area contributed by atoms with Crippen LogP contribution in [0.1, 0.15) is 22.3 Å². The molecule has 0 bridgehead atoms. The van der Waals surface area contributed by atoms with Gasteiger partial charge in [-0.25, -0.2) is 0 Å². The third kappa shape index (κ3) is 2.37. The summed E-state index contributed by atoms with van der Waals surface area (Å²) >= 11 is 6.38. The lowest BCUT2D eigenvalue weighted by atomic mass is 9.98. The topological polar surface area (TPSA) is 38.4 Å². The summed E-state index contributed by atoms with van der Waals surface area (Å²) in [6, 6.07) is 14.5. The van der Waals surface area contributed by atoms with Gasteiger partial charge in [0.15, 0.2) is 0 Å². The SMILES string of the molecule is NCCN=C1c2ccccc2CCc2c(Cl)cccc21. The number of aryl methyl sites for hydroxylation is 1. The van der Waals surface area contributed by atoms with Gasteiger partial charge in [-0.2, -0.15) is 0 Å². The summed E-state index contributed by atoms with van der Waals surface area (Å²) in [6.45, 7) is 1.19. The van der Waals surface area contributed by atoms with E-state index in [-0.39, 0.29) is 0 Å². The molecule has 2 N–H and O–H groups in total. The van der Waals surface area contributed by atoms with Crippen LogP contribution in [0.15, 0.2) is 47.5 Å². The Morgan fingerprint density at radius 3 is 2.65 bits per heavy atom. The zero-order chi connectivity index (χ0) is 13.9. The van der Waals surface area contributed by atoms with Crippen molar-refractivity contribution in [1.82, 2.24) is 0 Å². The fourth-order valence-electron chi connectivity index (χ4n) is 2.76. The summed E-state index contributed by atoms with van der Waals surface area (Å²) in [5.41, 5.74) is 11.5. The fraction of sp³-hybridized carbons (Fsp3) is 0.235. The molecule has 2 aromatic rings. The monoisotopic (exact) mass is 284 g/mol. The van der Waals surface area contributed by atoms with Crippen LogP contribution in [0.5, 0.6) is 0 Å². The molecule has 2 aromatic carbocycles. The van der Waals surface area contributed by atoms with E-state index in [1.54, 1.807) is 0 Å². The van der Waals surface area contributed by atoms with Gasteiger partial charge >= 0.3 is 0 Å². The fourth-order valence-corrected chi connectivity index (χ4v) is 3.02. The van der Waals surface area contributed by atoms with E-state index in [1.807, 2.05) is 12.1 Å². The van der Waals surface area contributed by atoms with E-state index in [0.717, 1.165) is 29.1 Å². The first-order valence-corrected chi connectivity index (χ1v) is 7.29. The van der Waals surface area contributed by atoms with E-state index < -0.39 is 0 Å². The number of rotatable bonds is 2. The minimum atomic E-state index is 0.557. The smallest absolute Gasteiger partial charge is 0.0725 e. The summed E-state index contributed by atoms with van der Waals surface area (Å²) < 4.78 is 0. The molecule has 0 amide bonds. The highest BCUT2D eigenvalue weighted by Gasteiger charge is 2.20. The first-order valence-electron chi connectivity index (χ1n) is 6.92. The zero-order valence-corrected chi connectivity index (χ0v) is 12.0. The number of aliphatic imine (C=N–C) groups is 1. The van der Waals surface area contributed by atoms with Gasteiger partial charge in [-0.05, 0) is 30.0 Å². The lowest BCUT2D eigenvalue weighted by molar-refractivity contribution is 0.965. The van der Waals surface area contributed by atoms with E-state index >= 15 is 0 Å². The van der Waals surface area contributed by atoms with Crippen LogP contribution in [0.25, 0.3) is 0 Å². The molecule has 3 heteroatoms. The van der Waals surface area contributed by atoms with Crippen molar-refractivity contribution in [3.05, 3.63) is 69.7 Å². The summed E-state index contributed by atoms with van der Waals surface area (Å²) in [4.78, 5) is 4.72. The molecule has 0 saturated heterocycles. The lowest BCUT2D eigenvalue weighted by Gasteiger charge is -2.11. The Morgan fingerprint density at radius 2 is 1.80 bits per heavy atom. The lowest BCUT2D eigenvalue weighted by Crippen LogP contribution is -2.10. The van der Waals surface area contributed by atoms with Crippen LogP contribution >= 0.6 is 11.6 Å². The molecule has 0 spiro atoms. The molecule has 0 heterocycles.